The first-order valence-corrected chi connectivity index (χ1v) is 6.59. The predicted molar refractivity (Wildman–Crippen MR) is 66.9 cm³/mol. The van der Waals surface area contributed by atoms with Crippen LogP contribution in [0.4, 0.5) is 13.2 Å². The number of halogens is 4. The maximum Gasteiger partial charge on any atom is 0.175 e. The molecule has 0 saturated carbocycles. The molecular formula is C12H14BrF3N2. The van der Waals surface area contributed by atoms with E-state index < -0.39 is 21.9 Å². The molecule has 2 rings (SSSR count). The Bertz CT molecular complexity index is 447. The summed E-state index contributed by atoms with van der Waals surface area (Å²) in [7, 11) is 0. The average molecular weight is 323 g/mol. The molecule has 1 unspecified atom stereocenters. The molecule has 0 bridgehead atoms. The van der Waals surface area contributed by atoms with Crippen LogP contribution in [0, 0.1) is 17.5 Å². The van der Waals surface area contributed by atoms with Crippen LogP contribution >= 0.6 is 15.9 Å². The highest BCUT2D eigenvalue weighted by atomic mass is 79.9. The molecule has 0 amide bonds. The van der Waals surface area contributed by atoms with E-state index in [1.165, 1.54) is 0 Å². The Balaban J connectivity index is 2.32. The van der Waals surface area contributed by atoms with Crippen molar-refractivity contribution in [1.82, 2.24) is 10.2 Å². The fraction of sp³-hybridized carbons (Fsp3) is 0.500. The van der Waals surface area contributed by atoms with Gasteiger partial charge in [0.25, 0.3) is 0 Å². The fourth-order valence-corrected chi connectivity index (χ4v) is 2.58. The third kappa shape index (κ3) is 2.55. The van der Waals surface area contributed by atoms with Crippen LogP contribution in [0.2, 0.25) is 0 Å². The fourth-order valence-electron chi connectivity index (χ4n) is 2.16. The Kier molecular flexibility index (Phi) is 4.29. The first-order valence-electron chi connectivity index (χ1n) is 5.80. The van der Waals surface area contributed by atoms with Gasteiger partial charge in [-0.05, 0) is 28.9 Å². The second-order valence-electron chi connectivity index (χ2n) is 4.35. The van der Waals surface area contributed by atoms with Crippen LogP contribution in [0.5, 0.6) is 0 Å². The molecule has 0 aliphatic carbocycles. The first-order chi connectivity index (χ1) is 8.52. The van der Waals surface area contributed by atoms with E-state index >= 15 is 0 Å². The van der Waals surface area contributed by atoms with Crippen LogP contribution in [-0.4, -0.2) is 31.1 Å². The van der Waals surface area contributed by atoms with Crippen molar-refractivity contribution in [1.29, 1.82) is 0 Å². The van der Waals surface area contributed by atoms with Gasteiger partial charge in [0.1, 0.15) is 5.82 Å². The average Bonchev–Trinajstić information content (AvgIpc) is 2.41. The molecule has 1 atom stereocenters. The SMILES string of the molecule is CC(c1cc(F)c(F)c(Br)c1F)N1CCNCC1. The summed E-state index contributed by atoms with van der Waals surface area (Å²) in [5, 5.41) is 3.19. The summed E-state index contributed by atoms with van der Waals surface area (Å²) in [5.74, 6) is -2.93. The summed E-state index contributed by atoms with van der Waals surface area (Å²) < 4.78 is 40.1. The molecule has 1 aliphatic rings. The zero-order chi connectivity index (χ0) is 13.3. The smallest absolute Gasteiger partial charge is 0.175 e. The molecule has 0 spiro atoms. The van der Waals surface area contributed by atoms with Gasteiger partial charge in [0.05, 0.1) is 4.47 Å². The van der Waals surface area contributed by atoms with E-state index in [4.69, 9.17) is 0 Å². The van der Waals surface area contributed by atoms with Crippen molar-refractivity contribution in [3.8, 4) is 0 Å². The van der Waals surface area contributed by atoms with Gasteiger partial charge in [-0.25, -0.2) is 13.2 Å². The molecule has 1 N–H and O–H groups in total. The number of hydrogen-bond donors (Lipinski definition) is 1. The minimum atomic E-state index is -1.18. The second kappa shape index (κ2) is 5.59. The topological polar surface area (TPSA) is 15.3 Å². The number of hydrogen-bond acceptors (Lipinski definition) is 2. The van der Waals surface area contributed by atoms with E-state index in [1.54, 1.807) is 6.92 Å². The Morgan fingerprint density at radius 3 is 2.44 bits per heavy atom. The maximum absolute atomic E-state index is 14.0. The summed E-state index contributed by atoms with van der Waals surface area (Å²) in [6.45, 7) is 4.95. The van der Waals surface area contributed by atoms with Gasteiger partial charge in [-0.2, -0.15) is 0 Å². The zero-order valence-electron chi connectivity index (χ0n) is 9.94. The lowest BCUT2D eigenvalue weighted by molar-refractivity contribution is 0.181. The summed E-state index contributed by atoms with van der Waals surface area (Å²) in [5.41, 5.74) is 0.183. The maximum atomic E-state index is 14.0. The molecule has 1 fully saturated rings. The Morgan fingerprint density at radius 2 is 1.83 bits per heavy atom. The summed E-state index contributed by atoms with van der Waals surface area (Å²) >= 11 is 2.75. The lowest BCUT2D eigenvalue weighted by Gasteiger charge is -2.33. The quantitative estimate of drug-likeness (QED) is 0.665. The highest BCUT2D eigenvalue weighted by Gasteiger charge is 2.25. The minimum Gasteiger partial charge on any atom is -0.314 e. The van der Waals surface area contributed by atoms with Crippen LogP contribution in [0.15, 0.2) is 10.5 Å². The normalized spacial score (nSPS) is 18.9. The molecule has 100 valence electrons. The molecule has 6 heteroatoms. The Hall–Kier alpha value is -0.590. The van der Waals surface area contributed by atoms with Gasteiger partial charge in [-0.3, -0.25) is 4.90 Å². The van der Waals surface area contributed by atoms with Gasteiger partial charge in [-0.15, -0.1) is 0 Å². The molecule has 2 nitrogen and oxygen atoms in total. The van der Waals surface area contributed by atoms with Gasteiger partial charge in [0, 0.05) is 37.8 Å². The lowest BCUT2D eigenvalue weighted by atomic mass is 10.0. The Morgan fingerprint density at radius 1 is 1.22 bits per heavy atom. The molecule has 1 aromatic rings. The number of benzene rings is 1. The highest BCUT2D eigenvalue weighted by Crippen LogP contribution is 2.31. The van der Waals surface area contributed by atoms with Crippen molar-refractivity contribution in [3.63, 3.8) is 0 Å². The van der Waals surface area contributed by atoms with Crippen LogP contribution < -0.4 is 5.32 Å². The number of nitrogens with zero attached hydrogens (tertiary/aromatic N) is 1. The molecular weight excluding hydrogens is 309 g/mol. The first kappa shape index (κ1) is 13.8. The van der Waals surface area contributed by atoms with Crippen molar-refractivity contribution < 1.29 is 13.2 Å². The van der Waals surface area contributed by atoms with E-state index in [1.807, 2.05) is 4.90 Å². The van der Waals surface area contributed by atoms with E-state index in [0.29, 0.717) is 0 Å². The van der Waals surface area contributed by atoms with Crippen molar-refractivity contribution in [2.45, 2.75) is 13.0 Å². The lowest BCUT2D eigenvalue weighted by Crippen LogP contribution is -2.44. The van der Waals surface area contributed by atoms with E-state index in [0.717, 1.165) is 32.2 Å². The minimum absolute atomic E-state index is 0.183. The van der Waals surface area contributed by atoms with Gasteiger partial charge >= 0.3 is 0 Å². The number of piperazine rings is 1. The molecule has 1 aliphatic heterocycles. The summed E-state index contributed by atoms with van der Waals surface area (Å²) in [6.07, 6.45) is 0. The van der Waals surface area contributed by atoms with Crippen LogP contribution in [-0.2, 0) is 0 Å². The van der Waals surface area contributed by atoms with Crippen LogP contribution in [0.25, 0.3) is 0 Å². The standard InChI is InChI=1S/C12H14BrF3N2/c1-7(18-4-2-17-3-5-18)8-6-9(14)12(16)10(13)11(8)15/h6-7,17H,2-5H2,1H3. The van der Waals surface area contributed by atoms with Gasteiger partial charge < -0.3 is 5.32 Å². The van der Waals surface area contributed by atoms with Crippen molar-refractivity contribution in [3.05, 3.63) is 33.6 Å². The highest BCUT2D eigenvalue weighted by molar-refractivity contribution is 9.10. The summed E-state index contributed by atoms with van der Waals surface area (Å²) in [6, 6.07) is 0.667. The number of nitrogens with one attached hydrogen (secondary N) is 1. The molecule has 0 aromatic heterocycles. The third-order valence-electron chi connectivity index (χ3n) is 3.28. The van der Waals surface area contributed by atoms with E-state index in [-0.39, 0.29) is 11.6 Å². The molecule has 1 heterocycles. The Labute approximate surface area is 112 Å². The van der Waals surface area contributed by atoms with Crippen LogP contribution in [0.3, 0.4) is 0 Å². The molecule has 0 radical (unpaired) electrons. The van der Waals surface area contributed by atoms with Gasteiger partial charge in [0.2, 0.25) is 0 Å². The number of rotatable bonds is 2. The van der Waals surface area contributed by atoms with E-state index in [2.05, 4.69) is 21.2 Å². The van der Waals surface area contributed by atoms with E-state index in [9.17, 15) is 13.2 Å². The van der Waals surface area contributed by atoms with Crippen molar-refractivity contribution >= 4 is 15.9 Å². The third-order valence-corrected chi connectivity index (χ3v) is 3.98. The predicted octanol–water partition coefficient (Wildman–Crippen LogP) is 2.83. The molecule has 18 heavy (non-hydrogen) atoms. The monoisotopic (exact) mass is 322 g/mol. The van der Waals surface area contributed by atoms with Crippen LogP contribution in [0.1, 0.15) is 18.5 Å². The molecule has 1 saturated heterocycles. The zero-order valence-corrected chi connectivity index (χ0v) is 11.5. The van der Waals surface area contributed by atoms with Gasteiger partial charge in [-0.1, -0.05) is 0 Å². The van der Waals surface area contributed by atoms with Crippen molar-refractivity contribution in [2.24, 2.45) is 0 Å². The summed E-state index contributed by atoms with van der Waals surface area (Å²) in [4.78, 5) is 2.04. The van der Waals surface area contributed by atoms with Crippen molar-refractivity contribution in [2.75, 3.05) is 26.2 Å². The molecule has 1 aromatic carbocycles. The second-order valence-corrected chi connectivity index (χ2v) is 5.14. The van der Waals surface area contributed by atoms with Gasteiger partial charge in [0.15, 0.2) is 11.6 Å². The largest absolute Gasteiger partial charge is 0.314 e.